The molecule has 170 valence electrons. The summed E-state index contributed by atoms with van der Waals surface area (Å²) in [6.45, 7) is 2.73. The first kappa shape index (κ1) is 26.1. The van der Waals surface area contributed by atoms with Gasteiger partial charge in [0.25, 0.3) is 11.8 Å². The number of nitrogens with two attached hydrogens (primary N) is 2. The fraction of sp³-hybridized carbons (Fsp3) is 0.652. The molecule has 1 aromatic rings. The van der Waals surface area contributed by atoms with E-state index in [0.29, 0.717) is 6.54 Å². The summed E-state index contributed by atoms with van der Waals surface area (Å²) in [6, 6.07) is 5.68. The van der Waals surface area contributed by atoms with Crippen LogP contribution in [0.1, 0.15) is 94.3 Å². The summed E-state index contributed by atoms with van der Waals surface area (Å²) in [5.41, 5.74) is 14.1. The quantitative estimate of drug-likeness (QED) is 0.183. The van der Waals surface area contributed by atoms with E-state index in [0.717, 1.165) is 24.3 Å². The molecule has 7 heteroatoms. The first-order valence-corrected chi connectivity index (χ1v) is 11.4. The Hall–Kier alpha value is -1.96. The predicted molar refractivity (Wildman–Crippen MR) is 121 cm³/mol. The van der Waals surface area contributed by atoms with Crippen molar-refractivity contribution in [2.75, 3.05) is 6.54 Å². The van der Waals surface area contributed by atoms with Crippen molar-refractivity contribution in [1.82, 2.24) is 10.4 Å². The highest BCUT2D eigenvalue weighted by Crippen LogP contribution is 2.13. The Morgan fingerprint density at radius 2 is 1.33 bits per heavy atom. The molecule has 1 rings (SSSR count). The Bertz CT molecular complexity index is 605. The number of hydrogen-bond donors (Lipinski definition) is 4. The zero-order chi connectivity index (χ0) is 22.2. The molecule has 0 aliphatic rings. The van der Waals surface area contributed by atoms with Crippen molar-refractivity contribution in [3.63, 3.8) is 0 Å². The molecule has 0 saturated heterocycles. The number of carbonyl (C=O) groups is 2. The van der Waals surface area contributed by atoms with Crippen molar-refractivity contribution < 1.29 is 14.7 Å². The van der Waals surface area contributed by atoms with Crippen molar-refractivity contribution >= 4 is 11.8 Å². The zero-order valence-electron chi connectivity index (χ0n) is 18.4. The van der Waals surface area contributed by atoms with Gasteiger partial charge in [0.15, 0.2) is 0 Å². The van der Waals surface area contributed by atoms with Crippen molar-refractivity contribution in [3.8, 4) is 5.75 Å². The van der Waals surface area contributed by atoms with Crippen molar-refractivity contribution in [1.29, 1.82) is 0 Å². The monoisotopic (exact) mass is 420 g/mol. The van der Waals surface area contributed by atoms with Gasteiger partial charge in [0.2, 0.25) is 0 Å². The molecule has 0 fully saturated rings. The average Bonchev–Trinajstić information content (AvgIpc) is 2.73. The minimum atomic E-state index is -1.28. The van der Waals surface area contributed by atoms with Crippen LogP contribution in [0, 0.1) is 0 Å². The molecule has 2 amide bonds. The van der Waals surface area contributed by atoms with E-state index in [1.54, 1.807) is 0 Å². The lowest BCUT2D eigenvalue weighted by atomic mass is 10.1. The smallest absolute Gasteiger partial charge is 0.275 e. The largest absolute Gasteiger partial charge is 0.508 e. The summed E-state index contributed by atoms with van der Waals surface area (Å²) in [7, 11) is 0. The third-order valence-corrected chi connectivity index (χ3v) is 5.12. The standard InChI is InChI=1S/C23H40N4O3/c1-2-3-4-5-6-7-8-9-10-11-12-13-18-26-27(23(30)21(24)25)22(29)19-14-16-20(28)17-15-19/h14-17,21,26,28H,2-13,18,24-25H2,1H3. The molecule has 1 aromatic carbocycles. The number of imide groups is 1. The molecule has 0 saturated carbocycles. The fourth-order valence-corrected chi connectivity index (χ4v) is 3.29. The Balaban J connectivity index is 2.24. The number of hydrogen-bond acceptors (Lipinski definition) is 6. The second-order valence-electron chi connectivity index (χ2n) is 7.85. The average molecular weight is 421 g/mol. The molecule has 0 radical (unpaired) electrons. The highest BCUT2D eigenvalue weighted by molar-refractivity contribution is 6.05. The van der Waals surface area contributed by atoms with E-state index in [9.17, 15) is 14.7 Å². The van der Waals surface area contributed by atoms with Gasteiger partial charge in [0.1, 0.15) is 11.9 Å². The molecule has 30 heavy (non-hydrogen) atoms. The number of benzene rings is 1. The van der Waals surface area contributed by atoms with Gasteiger partial charge in [-0.2, -0.15) is 0 Å². The number of phenols is 1. The van der Waals surface area contributed by atoms with E-state index in [4.69, 9.17) is 11.5 Å². The molecule has 0 unspecified atom stereocenters. The van der Waals surface area contributed by atoms with Gasteiger partial charge in [-0.3, -0.25) is 9.59 Å². The van der Waals surface area contributed by atoms with Crippen molar-refractivity contribution in [2.24, 2.45) is 11.5 Å². The van der Waals surface area contributed by atoms with Crippen LogP contribution in [0.4, 0.5) is 0 Å². The summed E-state index contributed by atoms with van der Waals surface area (Å²) >= 11 is 0. The second-order valence-corrected chi connectivity index (χ2v) is 7.85. The van der Waals surface area contributed by atoms with Gasteiger partial charge in [-0.05, 0) is 30.7 Å². The van der Waals surface area contributed by atoms with Gasteiger partial charge >= 0.3 is 0 Å². The van der Waals surface area contributed by atoms with Crippen LogP contribution in [-0.4, -0.2) is 34.6 Å². The van der Waals surface area contributed by atoms with Crippen LogP contribution in [0.2, 0.25) is 0 Å². The Labute approximate surface area is 181 Å². The normalized spacial score (nSPS) is 11.1. The molecule has 0 spiro atoms. The minimum absolute atomic E-state index is 0.0457. The highest BCUT2D eigenvalue weighted by atomic mass is 16.3. The number of carbonyl (C=O) groups excluding carboxylic acids is 2. The van der Waals surface area contributed by atoms with Gasteiger partial charge in [-0.15, -0.1) is 0 Å². The summed E-state index contributed by atoms with van der Waals surface area (Å²) in [6.07, 6.45) is 13.6. The van der Waals surface area contributed by atoms with Crippen LogP contribution in [0.3, 0.4) is 0 Å². The molecular formula is C23H40N4O3. The van der Waals surface area contributed by atoms with Gasteiger partial charge in [-0.25, -0.2) is 10.4 Å². The van der Waals surface area contributed by atoms with Gasteiger partial charge in [-0.1, -0.05) is 77.6 Å². The van der Waals surface area contributed by atoms with Crippen LogP contribution in [0.5, 0.6) is 5.75 Å². The van der Waals surface area contributed by atoms with Gasteiger partial charge in [0, 0.05) is 12.1 Å². The topological polar surface area (TPSA) is 122 Å². The number of unbranched alkanes of at least 4 members (excludes halogenated alkanes) is 11. The number of hydrazine groups is 1. The fourth-order valence-electron chi connectivity index (χ4n) is 3.29. The van der Waals surface area contributed by atoms with E-state index >= 15 is 0 Å². The minimum Gasteiger partial charge on any atom is -0.508 e. The lowest BCUT2D eigenvalue weighted by molar-refractivity contribution is -0.132. The molecule has 0 aliphatic heterocycles. The third kappa shape index (κ3) is 10.7. The molecule has 0 aliphatic carbocycles. The van der Waals surface area contributed by atoms with E-state index in [2.05, 4.69) is 12.3 Å². The van der Waals surface area contributed by atoms with Crippen molar-refractivity contribution in [3.05, 3.63) is 29.8 Å². The Morgan fingerprint density at radius 3 is 1.80 bits per heavy atom. The third-order valence-electron chi connectivity index (χ3n) is 5.12. The van der Waals surface area contributed by atoms with Crippen LogP contribution in [-0.2, 0) is 4.79 Å². The van der Waals surface area contributed by atoms with E-state index in [-0.39, 0.29) is 11.3 Å². The van der Waals surface area contributed by atoms with E-state index < -0.39 is 18.0 Å². The SMILES string of the molecule is CCCCCCCCCCCCCCNN(C(=O)c1ccc(O)cc1)C(=O)C(N)N. The van der Waals surface area contributed by atoms with Gasteiger partial charge < -0.3 is 16.6 Å². The first-order chi connectivity index (χ1) is 14.5. The molecule has 7 nitrogen and oxygen atoms in total. The number of rotatable bonds is 16. The van der Waals surface area contributed by atoms with Crippen LogP contribution >= 0.6 is 0 Å². The Morgan fingerprint density at radius 1 is 0.867 bits per heavy atom. The first-order valence-electron chi connectivity index (χ1n) is 11.4. The number of amides is 2. The maximum atomic E-state index is 12.6. The molecule has 0 aromatic heterocycles. The van der Waals surface area contributed by atoms with Crippen LogP contribution in [0.15, 0.2) is 24.3 Å². The summed E-state index contributed by atoms with van der Waals surface area (Å²) in [5, 5.41) is 10.2. The number of nitrogens with one attached hydrogen (secondary N) is 1. The lowest BCUT2D eigenvalue weighted by Crippen LogP contribution is -2.56. The summed E-state index contributed by atoms with van der Waals surface area (Å²) in [5.74, 6) is -1.18. The van der Waals surface area contributed by atoms with E-state index in [1.807, 2.05) is 0 Å². The lowest BCUT2D eigenvalue weighted by Gasteiger charge is -2.23. The molecule has 0 heterocycles. The number of aromatic hydroxyl groups is 1. The number of nitrogens with zero attached hydrogens (tertiary/aromatic N) is 1. The molecule has 6 N–H and O–H groups in total. The van der Waals surface area contributed by atoms with Crippen LogP contribution in [0.25, 0.3) is 0 Å². The highest BCUT2D eigenvalue weighted by Gasteiger charge is 2.25. The molecule has 0 atom stereocenters. The predicted octanol–water partition coefficient (Wildman–Crippen LogP) is 3.81. The van der Waals surface area contributed by atoms with E-state index in [1.165, 1.54) is 82.1 Å². The maximum Gasteiger partial charge on any atom is 0.275 e. The summed E-state index contributed by atoms with van der Waals surface area (Å²) < 4.78 is 0. The second kappa shape index (κ2) is 15.8. The van der Waals surface area contributed by atoms with Gasteiger partial charge in [0.05, 0.1) is 0 Å². The summed E-state index contributed by atoms with van der Waals surface area (Å²) in [4.78, 5) is 24.8. The number of phenolic OH excluding ortho intramolecular Hbond substituents is 1. The van der Waals surface area contributed by atoms with Crippen LogP contribution < -0.4 is 16.9 Å². The Kier molecular flexibility index (Phi) is 13.8. The zero-order valence-corrected chi connectivity index (χ0v) is 18.4. The molecular weight excluding hydrogens is 380 g/mol. The van der Waals surface area contributed by atoms with Crippen molar-refractivity contribution in [2.45, 2.75) is 90.1 Å². The maximum absolute atomic E-state index is 12.6. The molecule has 0 bridgehead atoms.